The SMILES string of the molecule is CCCC1CCC(CN)C(N2CCC3CCC(C2)N3C)C1. The van der Waals surface area contributed by atoms with E-state index in [-0.39, 0.29) is 0 Å². The van der Waals surface area contributed by atoms with Gasteiger partial charge in [-0.15, -0.1) is 0 Å². The number of fused-ring (bicyclic) bond motifs is 2. The van der Waals surface area contributed by atoms with Crippen LogP contribution in [0.4, 0.5) is 0 Å². The van der Waals surface area contributed by atoms with E-state index >= 15 is 0 Å². The normalized spacial score (nSPS) is 42.1. The van der Waals surface area contributed by atoms with E-state index in [0.717, 1.165) is 36.5 Å². The second-order valence-corrected chi connectivity index (χ2v) is 7.86. The number of nitrogens with zero attached hydrogens (tertiary/aromatic N) is 2. The van der Waals surface area contributed by atoms with Crippen LogP contribution >= 0.6 is 0 Å². The zero-order chi connectivity index (χ0) is 14.8. The van der Waals surface area contributed by atoms with Crippen molar-refractivity contribution in [1.82, 2.24) is 9.80 Å². The molecule has 2 aliphatic heterocycles. The van der Waals surface area contributed by atoms with Gasteiger partial charge < -0.3 is 5.73 Å². The van der Waals surface area contributed by atoms with Crippen LogP contribution in [0.2, 0.25) is 0 Å². The van der Waals surface area contributed by atoms with Crippen molar-refractivity contribution >= 4 is 0 Å². The van der Waals surface area contributed by atoms with Crippen molar-refractivity contribution in [3.63, 3.8) is 0 Å². The lowest BCUT2D eigenvalue weighted by Gasteiger charge is -2.43. The predicted molar refractivity (Wildman–Crippen MR) is 89.3 cm³/mol. The van der Waals surface area contributed by atoms with E-state index in [1.807, 2.05) is 0 Å². The molecule has 3 heteroatoms. The molecule has 0 aromatic heterocycles. The molecule has 0 amide bonds. The second kappa shape index (κ2) is 6.97. The van der Waals surface area contributed by atoms with Crippen LogP contribution in [0, 0.1) is 11.8 Å². The first-order valence-corrected chi connectivity index (χ1v) is 9.39. The number of hydrogen-bond acceptors (Lipinski definition) is 3. The maximum absolute atomic E-state index is 6.12. The maximum atomic E-state index is 6.12. The first-order valence-electron chi connectivity index (χ1n) is 9.39. The molecule has 0 radical (unpaired) electrons. The van der Waals surface area contributed by atoms with Crippen molar-refractivity contribution in [1.29, 1.82) is 0 Å². The highest BCUT2D eigenvalue weighted by atomic mass is 15.3. The van der Waals surface area contributed by atoms with Crippen LogP contribution < -0.4 is 5.73 Å². The quantitative estimate of drug-likeness (QED) is 0.865. The Morgan fingerprint density at radius 2 is 1.86 bits per heavy atom. The van der Waals surface area contributed by atoms with Gasteiger partial charge in [0.25, 0.3) is 0 Å². The second-order valence-electron chi connectivity index (χ2n) is 7.86. The topological polar surface area (TPSA) is 32.5 Å². The highest BCUT2D eigenvalue weighted by Crippen LogP contribution is 2.37. The largest absolute Gasteiger partial charge is 0.330 e. The van der Waals surface area contributed by atoms with Gasteiger partial charge in [-0.05, 0) is 64.1 Å². The molecule has 1 aliphatic carbocycles. The van der Waals surface area contributed by atoms with Gasteiger partial charge in [-0.25, -0.2) is 0 Å². The van der Waals surface area contributed by atoms with E-state index in [1.165, 1.54) is 64.5 Å². The van der Waals surface area contributed by atoms with Gasteiger partial charge in [-0.2, -0.15) is 0 Å². The average molecular weight is 293 g/mol. The Morgan fingerprint density at radius 3 is 2.62 bits per heavy atom. The monoisotopic (exact) mass is 293 g/mol. The highest BCUT2D eigenvalue weighted by molar-refractivity contribution is 4.95. The minimum absolute atomic E-state index is 0.750. The van der Waals surface area contributed by atoms with Crippen LogP contribution in [0.5, 0.6) is 0 Å². The third-order valence-electron chi connectivity index (χ3n) is 6.71. The molecule has 3 fully saturated rings. The summed E-state index contributed by atoms with van der Waals surface area (Å²) in [5.74, 6) is 1.71. The Labute approximate surface area is 131 Å². The lowest BCUT2D eigenvalue weighted by atomic mass is 9.75. The lowest BCUT2D eigenvalue weighted by Crippen LogP contribution is -2.49. The summed E-state index contributed by atoms with van der Waals surface area (Å²) in [6, 6.07) is 2.43. The molecule has 2 saturated heterocycles. The molecule has 5 unspecified atom stereocenters. The number of nitrogens with two attached hydrogens (primary N) is 1. The predicted octanol–water partition coefficient (Wildman–Crippen LogP) is 2.70. The van der Waals surface area contributed by atoms with Crippen LogP contribution in [-0.4, -0.2) is 54.6 Å². The van der Waals surface area contributed by atoms with Gasteiger partial charge in [0.15, 0.2) is 0 Å². The highest BCUT2D eigenvalue weighted by Gasteiger charge is 2.39. The molecule has 3 rings (SSSR count). The van der Waals surface area contributed by atoms with Crippen molar-refractivity contribution in [3.05, 3.63) is 0 Å². The van der Waals surface area contributed by atoms with E-state index < -0.39 is 0 Å². The number of likely N-dealkylation sites (tertiary alicyclic amines) is 1. The number of hydrogen-bond donors (Lipinski definition) is 1. The molecule has 3 aliphatic rings. The fourth-order valence-corrected chi connectivity index (χ4v) is 5.32. The Morgan fingerprint density at radius 1 is 1.05 bits per heavy atom. The Bertz CT molecular complexity index is 332. The van der Waals surface area contributed by atoms with Gasteiger partial charge >= 0.3 is 0 Å². The summed E-state index contributed by atoms with van der Waals surface area (Å²) in [5.41, 5.74) is 6.12. The van der Waals surface area contributed by atoms with Crippen LogP contribution in [0.1, 0.15) is 58.3 Å². The van der Waals surface area contributed by atoms with Gasteiger partial charge in [0.2, 0.25) is 0 Å². The summed E-state index contributed by atoms with van der Waals surface area (Å²) in [7, 11) is 2.35. The van der Waals surface area contributed by atoms with E-state index in [9.17, 15) is 0 Å². The van der Waals surface area contributed by atoms with Crippen LogP contribution in [0.15, 0.2) is 0 Å². The summed E-state index contributed by atoms with van der Waals surface area (Å²) < 4.78 is 0. The van der Waals surface area contributed by atoms with Gasteiger partial charge in [0, 0.05) is 24.7 Å². The molecule has 2 heterocycles. The molecule has 0 spiro atoms. The summed E-state index contributed by atoms with van der Waals surface area (Å²) in [6.07, 6.45) is 11.2. The smallest absolute Gasteiger partial charge is 0.0223 e. The third-order valence-corrected chi connectivity index (χ3v) is 6.71. The fourth-order valence-electron chi connectivity index (χ4n) is 5.32. The molecule has 1 saturated carbocycles. The third kappa shape index (κ3) is 3.30. The van der Waals surface area contributed by atoms with Crippen molar-refractivity contribution in [2.45, 2.75) is 76.4 Å². The van der Waals surface area contributed by atoms with Crippen LogP contribution in [0.25, 0.3) is 0 Å². The molecule has 122 valence electrons. The van der Waals surface area contributed by atoms with E-state index in [1.54, 1.807) is 0 Å². The molecule has 0 aromatic carbocycles. The lowest BCUT2D eigenvalue weighted by molar-refractivity contribution is 0.0713. The fraction of sp³-hybridized carbons (Fsp3) is 1.00. The van der Waals surface area contributed by atoms with Gasteiger partial charge in [0.05, 0.1) is 0 Å². The van der Waals surface area contributed by atoms with Crippen molar-refractivity contribution < 1.29 is 0 Å². The number of likely N-dealkylation sites (N-methyl/N-ethyl adjacent to an activating group) is 1. The van der Waals surface area contributed by atoms with Crippen molar-refractivity contribution in [3.8, 4) is 0 Å². The van der Waals surface area contributed by atoms with Gasteiger partial charge in [-0.1, -0.05) is 26.2 Å². The summed E-state index contributed by atoms with van der Waals surface area (Å²) in [5, 5.41) is 0. The first kappa shape index (κ1) is 15.8. The summed E-state index contributed by atoms with van der Waals surface area (Å²) >= 11 is 0. The Hall–Kier alpha value is -0.120. The summed E-state index contributed by atoms with van der Waals surface area (Å²) in [6.45, 7) is 5.84. The zero-order valence-electron chi connectivity index (χ0n) is 14.1. The standard InChI is InChI=1S/C18H35N3/c1-3-4-14-5-6-15(12-19)18(11-14)21-10-9-16-7-8-17(13-21)20(16)2/h14-18H,3-13,19H2,1-2H3. The van der Waals surface area contributed by atoms with E-state index in [0.29, 0.717) is 0 Å². The minimum atomic E-state index is 0.750. The van der Waals surface area contributed by atoms with Crippen LogP contribution in [0.3, 0.4) is 0 Å². The van der Waals surface area contributed by atoms with Crippen molar-refractivity contribution in [2.24, 2.45) is 17.6 Å². The van der Waals surface area contributed by atoms with E-state index in [2.05, 4.69) is 23.8 Å². The van der Waals surface area contributed by atoms with Gasteiger partial charge in [-0.3, -0.25) is 9.80 Å². The molecule has 21 heavy (non-hydrogen) atoms. The average Bonchev–Trinajstić information content (AvgIpc) is 2.73. The molecule has 2 bridgehead atoms. The molecular formula is C18H35N3. The minimum Gasteiger partial charge on any atom is -0.330 e. The zero-order valence-corrected chi connectivity index (χ0v) is 14.1. The molecule has 0 aromatic rings. The van der Waals surface area contributed by atoms with Crippen molar-refractivity contribution in [2.75, 3.05) is 26.7 Å². The van der Waals surface area contributed by atoms with Gasteiger partial charge in [0.1, 0.15) is 0 Å². The summed E-state index contributed by atoms with van der Waals surface area (Å²) in [4.78, 5) is 5.52. The number of rotatable bonds is 4. The Kier molecular flexibility index (Phi) is 5.23. The maximum Gasteiger partial charge on any atom is 0.0223 e. The molecule has 2 N–H and O–H groups in total. The van der Waals surface area contributed by atoms with Crippen LogP contribution in [-0.2, 0) is 0 Å². The molecule has 3 nitrogen and oxygen atoms in total. The molecular weight excluding hydrogens is 258 g/mol. The molecule has 5 atom stereocenters. The van der Waals surface area contributed by atoms with E-state index in [4.69, 9.17) is 5.73 Å². The first-order chi connectivity index (χ1) is 10.2. The Balaban J connectivity index is 1.67.